The van der Waals surface area contributed by atoms with Crippen LogP contribution in [0.2, 0.25) is 0 Å². The molecule has 2 atom stereocenters. The minimum absolute atomic E-state index is 0.282. The van der Waals surface area contributed by atoms with Gasteiger partial charge in [0.2, 0.25) is 0 Å². The Morgan fingerprint density at radius 3 is 1.89 bits per heavy atom. The number of nitrogens with zero attached hydrogens (tertiary/aromatic N) is 3. The molecule has 35 heavy (non-hydrogen) atoms. The van der Waals surface area contributed by atoms with E-state index in [1.165, 1.54) is 13.8 Å². The van der Waals surface area contributed by atoms with Crippen LogP contribution in [0.3, 0.4) is 0 Å². The molecule has 1 aromatic carbocycles. The third-order valence-corrected chi connectivity index (χ3v) is 5.43. The molecule has 0 saturated heterocycles. The number of amides is 1. The van der Waals surface area contributed by atoms with Gasteiger partial charge in [-0.25, -0.2) is 0 Å². The molecule has 1 aromatic rings. The van der Waals surface area contributed by atoms with Crippen molar-refractivity contribution in [2.24, 2.45) is 0 Å². The summed E-state index contributed by atoms with van der Waals surface area (Å²) in [6.45, 7) is 0.973. The predicted molar refractivity (Wildman–Crippen MR) is 122 cm³/mol. The summed E-state index contributed by atoms with van der Waals surface area (Å²) >= 11 is 0. The number of carbonyl (C=O) groups is 1. The van der Waals surface area contributed by atoms with E-state index in [0.717, 1.165) is 23.5 Å². The minimum atomic E-state index is -3.98. The summed E-state index contributed by atoms with van der Waals surface area (Å²) in [4.78, 5) is 35.1. The van der Waals surface area contributed by atoms with Crippen molar-refractivity contribution in [3.05, 3.63) is 37.9 Å². The monoisotopic (exact) mass is 542 g/mol. The Morgan fingerprint density at radius 1 is 1.03 bits per heavy atom. The van der Waals surface area contributed by atoms with Gasteiger partial charge in [-0.2, -0.15) is 16.8 Å². The number of benzene rings is 1. The number of nitrogens with one attached hydrogen (secondary N) is 1. The van der Waals surface area contributed by atoms with E-state index in [-0.39, 0.29) is 6.54 Å². The minimum Gasteiger partial charge on any atom is -0.395 e. The van der Waals surface area contributed by atoms with Gasteiger partial charge in [-0.3, -0.25) is 33.4 Å². The number of rotatable bonds is 14. The lowest BCUT2D eigenvalue weighted by Gasteiger charge is -2.30. The van der Waals surface area contributed by atoms with E-state index in [1.807, 2.05) is 0 Å². The fourth-order valence-corrected chi connectivity index (χ4v) is 4.47. The Kier molecular flexibility index (Phi) is 10.5. The molecule has 0 saturated carbocycles. The maximum Gasteiger partial charge on any atom is 0.300 e. The number of aliphatic hydroxyl groups is 1. The van der Waals surface area contributed by atoms with Crippen LogP contribution >= 0.6 is 0 Å². The summed E-state index contributed by atoms with van der Waals surface area (Å²) in [5.74, 6) is -1.01. The fourth-order valence-electron chi connectivity index (χ4n) is 3.15. The number of aliphatic hydroxyl groups excluding tert-OH is 1. The molecule has 0 spiro atoms. The van der Waals surface area contributed by atoms with Gasteiger partial charge in [-0.15, -0.1) is 0 Å². The van der Waals surface area contributed by atoms with Crippen LogP contribution in [0.5, 0.6) is 0 Å². The van der Waals surface area contributed by atoms with Gasteiger partial charge in [0.1, 0.15) is 5.69 Å². The smallest absolute Gasteiger partial charge is 0.300 e. The zero-order valence-electron chi connectivity index (χ0n) is 19.2. The molecule has 0 fully saturated rings. The first-order chi connectivity index (χ1) is 15.9. The van der Waals surface area contributed by atoms with Gasteiger partial charge in [-0.1, -0.05) is 0 Å². The highest BCUT2D eigenvalue weighted by Crippen LogP contribution is 2.37. The lowest BCUT2D eigenvalue weighted by atomic mass is 10.1. The third kappa shape index (κ3) is 10.1. The third-order valence-electron chi connectivity index (χ3n) is 4.07. The van der Waals surface area contributed by atoms with Crippen molar-refractivity contribution in [2.75, 3.05) is 43.7 Å². The number of carbonyl (C=O) groups excluding carboxylic acids is 1. The topological polar surface area (TPSA) is 226 Å². The maximum atomic E-state index is 12.8. The molecule has 0 aliphatic heterocycles. The second-order valence-corrected chi connectivity index (χ2v) is 10.7. The molecule has 0 aliphatic carbocycles. The summed E-state index contributed by atoms with van der Waals surface area (Å²) in [5, 5.41) is 34.4. The summed E-state index contributed by atoms with van der Waals surface area (Å²) in [6.07, 6.45) is -0.770. The van der Waals surface area contributed by atoms with Gasteiger partial charge < -0.3 is 15.3 Å². The van der Waals surface area contributed by atoms with E-state index in [9.17, 15) is 41.9 Å². The lowest BCUT2D eigenvalue weighted by Crippen LogP contribution is -2.41. The van der Waals surface area contributed by atoms with Gasteiger partial charge in [0.25, 0.3) is 37.5 Å². The van der Waals surface area contributed by atoms with E-state index >= 15 is 0 Å². The highest BCUT2D eigenvalue weighted by atomic mass is 32.2. The molecule has 0 aromatic heterocycles. The Morgan fingerprint density at radius 2 is 1.51 bits per heavy atom. The number of hydrogen-bond donors (Lipinski definition) is 2. The molecule has 1 rings (SSSR count). The zero-order chi connectivity index (χ0) is 27.1. The maximum absolute atomic E-state index is 12.8. The molecule has 198 valence electrons. The van der Waals surface area contributed by atoms with Crippen molar-refractivity contribution in [3.63, 3.8) is 0 Å². The molecule has 0 aliphatic rings. The van der Waals surface area contributed by atoms with Crippen molar-refractivity contribution in [1.82, 2.24) is 5.32 Å². The van der Waals surface area contributed by atoms with Crippen molar-refractivity contribution in [3.8, 4) is 0 Å². The number of nitro groups is 2. The molecule has 0 radical (unpaired) electrons. The molecule has 2 N–H and O–H groups in total. The van der Waals surface area contributed by atoms with E-state index in [2.05, 4.69) is 5.32 Å². The van der Waals surface area contributed by atoms with Crippen LogP contribution in [0.25, 0.3) is 0 Å². The average molecular weight is 543 g/mol. The van der Waals surface area contributed by atoms with Crippen LogP contribution in [0, 0.1) is 20.2 Å². The normalized spacial score (nSPS) is 13.6. The molecular formula is C17H26N4O12S2. The number of hydrogen-bond acceptors (Lipinski definition) is 13. The Hall–Kier alpha value is -2.93. The first kappa shape index (κ1) is 30.1. The Bertz CT molecular complexity index is 1130. The van der Waals surface area contributed by atoms with Crippen molar-refractivity contribution in [1.29, 1.82) is 0 Å². The lowest BCUT2D eigenvalue weighted by molar-refractivity contribution is -0.393. The summed E-state index contributed by atoms with van der Waals surface area (Å²) in [7, 11) is -7.95. The van der Waals surface area contributed by atoms with Gasteiger partial charge >= 0.3 is 0 Å². The zero-order valence-corrected chi connectivity index (χ0v) is 20.9. The van der Waals surface area contributed by atoms with Crippen molar-refractivity contribution < 1.29 is 44.9 Å². The number of nitro benzene ring substituents is 2. The largest absolute Gasteiger partial charge is 0.395 e. The highest BCUT2D eigenvalue weighted by molar-refractivity contribution is 7.86. The summed E-state index contributed by atoms with van der Waals surface area (Å²) < 4.78 is 55.9. The molecule has 18 heteroatoms. The number of non-ortho nitro benzene ring substituents is 1. The quantitative estimate of drug-likeness (QED) is 0.176. The van der Waals surface area contributed by atoms with Crippen molar-refractivity contribution >= 4 is 43.2 Å². The summed E-state index contributed by atoms with van der Waals surface area (Å²) in [5.41, 5.74) is -2.68. The van der Waals surface area contributed by atoms with Gasteiger partial charge in [0.05, 0.1) is 52.8 Å². The van der Waals surface area contributed by atoms with Crippen LogP contribution in [0.4, 0.5) is 17.1 Å². The Labute approximate surface area is 201 Å². The van der Waals surface area contributed by atoms with Crippen LogP contribution < -0.4 is 10.2 Å². The highest BCUT2D eigenvalue weighted by Gasteiger charge is 2.33. The van der Waals surface area contributed by atoms with Gasteiger partial charge in [-0.05, 0) is 13.8 Å². The van der Waals surface area contributed by atoms with E-state index < -0.39 is 90.5 Å². The first-order valence-electron chi connectivity index (χ1n) is 9.82. The van der Waals surface area contributed by atoms with Crippen LogP contribution in [-0.2, 0) is 28.6 Å². The first-order valence-corrected chi connectivity index (χ1v) is 13.5. The fraction of sp³-hybridized carbons (Fsp3) is 0.588. The Balaban J connectivity index is 3.79. The molecular weight excluding hydrogens is 516 g/mol. The molecule has 16 nitrogen and oxygen atoms in total. The molecule has 1 amide bonds. The second kappa shape index (κ2) is 12.2. The van der Waals surface area contributed by atoms with Crippen LogP contribution in [0.15, 0.2) is 12.1 Å². The van der Waals surface area contributed by atoms with E-state index in [4.69, 9.17) is 13.5 Å². The van der Waals surface area contributed by atoms with Crippen LogP contribution in [0.1, 0.15) is 24.2 Å². The predicted octanol–water partition coefficient (Wildman–Crippen LogP) is -0.239. The van der Waals surface area contributed by atoms with Crippen molar-refractivity contribution in [2.45, 2.75) is 26.1 Å². The molecule has 0 bridgehead atoms. The van der Waals surface area contributed by atoms with Gasteiger partial charge in [0, 0.05) is 25.7 Å². The number of anilines is 1. The average Bonchev–Trinajstić information content (AvgIpc) is 2.67. The second-order valence-electron chi connectivity index (χ2n) is 7.48. The van der Waals surface area contributed by atoms with Gasteiger partial charge in [0.15, 0.2) is 0 Å². The van der Waals surface area contributed by atoms with E-state index in [1.54, 1.807) is 0 Å². The molecule has 2 unspecified atom stereocenters. The summed E-state index contributed by atoms with van der Waals surface area (Å²) in [6, 6.07) is 1.38. The van der Waals surface area contributed by atoms with Crippen LogP contribution in [-0.4, -0.2) is 88.7 Å². The van der Waals surface area contributed by atoms with E-state index in [0.29, 0.717) is 6.07 Å². The molecule has 0 heterocycles. The standard InChI is InChI=1S/C17H26N4O12S2/c1-11(32-34(3,28)29)9-19(10-12(2)33-35(4,30)31)16-14(17(23)18-5-6-22)7-13(20(24)25)8-15(16)21(26)27/h7-8,11-12,22H,5-6,9-10H2,1-4H3,(H,18,23). The SMILES string of the molecule is CC(CN(CC(C)OS(C)(=O)=O)c1c(C(=O)NCCO)cc([N+](=O)[O-])cc1[N+](=O)[O-])OS(C)(=O)=O.